The van der Waals surface area contributed by atoms with Crippen LogP contribution in [0.5, 0.6) is 0 Å². The Labute approximate surface area is 91.1 Å². The van der Waals surface area contributed by atoms with Gasteiger partial charge < -0.3 is 0 Å². The Morgan fingerprint density at radius 3 is 2.50 bits per heavy atom. The van der Waals surface area contributed by atoms with Crippen molar-refractivity contribution >= 4 is 15.9 Å². The zero-order chi connectivity index (χ0) is 10.3. The van der Waals surface area contributed by atoms with Crippen LogP contribution in [0.2, 0.25) is 0 Å². The van der Waals surface area contributed by atoms with Crippen LogP contribution in [0.25, 0.3) is 0 Å². The van der Waals surface area contributed by atoms with Crippen molar-refractivity contribution in [1.29, 1.82) is 0 Å². The van der Waals surface area contributed by atoms with Crippen molar-refractivity contribution in [3.05, 3.63) is 21.9 Å². The summed E-state index contributed by atoms with van der Waals surface area (Å²) in [5, 5.41) is 0. The van der Waals surface area contributed by atoms with Gasteiger partial charge in [-0.1, -0.05) is 13.8 Å². The van der Waals surface area contributed by atoms with Gasteiger partial charge in [0.1, 0.15) is 4.60 Å². The zero-order valence-electron chi connectivity index (χ0n) is 8.22. The van der Waals surface area contributed by atoms with Gasteiger partial charge in [-0.15, -0.1) is 0 Å². The van der Waals surface area contributed by atoms with E-state index >= 15 is 0 Å². The van der Waals surface area contributed by atoms with Crippen LogP contribution in [-0.4, -0.2) is 9.97 Å². The van der Waals surface area contributed by atoms with E-state index in [9.17, 15) is 4.39 Å². The molecule has 0 atom stereocenters. The van der Waals surface area contributed by atoms with E-state index in [1.165, 1.54) is 0 Å². The van der Waals surface area contributed by atoms with Gasteiger partial charge in [-0.2, -0.15) is 4.39 Å². The van der Waals surface area contributed by atoms with E-state index in [1.54, 1.807) is 0 Å². The van der Waals surface area contributed by atoms with E-state index in [0.717, 1.165) is 12.8 Å². The minimum Gasteiger partial charge on any atom is -0.239 e. The maximum atomic E-state index is 13.5. The third-order valence-electron chi connectivity index (χ3n) is 2.37. The minimum absolute atomic E-state index is 0.194. The Hall–Kier alpha value is -0.510. The van der Waals surface area contributed by atoms with Crippen molar-refractivity contribution in [3.8, 4) is 0 Å². The largest absolute Gasteiger partial charge is 0.239 e. The first kappa shape index (κ1) is 10.0. The Bertz CT molecular complexity index is 334. The Kier molecular flexibility index (Phi) is 2.56. The number of hydrogen-bond acceptors (Lipinski definition) is 2. The molecule has 1 aliphatic carbocycles. The topological polar surface area (TPSA) is 25.8 Å². The maximum absolute atomic E-state index is 13.5. The molecular formula is C10H12BrFN2. The number of nitrogens with zero attached hydrogens (tertiary/aromatic N) is 2. The van der Waals surface area contributed by atoms with E-state index in [1.807, 2.05) is 13.8 Å². The smallest absolute Gasteiger partial charge is 0.235 e. The Morgan fingerprint density at radius 2 is 2.00 bits per heavy atom. The van der Waals surface area contributed by atoms with Crippen LogP contribution in [0.3, 0.4) is 0 Å². The summed E-state index contributed by atoms with van der Waals surface area (Å²) in [5.74, 6) is 0.110. The van der Waals surface area contributed by atoms with Gasteiger partial charge in [0.05, 0.1) is 11.4 Å². The van der Waals surface area contributed by atoms with Crippen molar-refractivity contribution in [3.63, 3.8) is 0 Å². The van der Waals surface area contributed by atoms with E-state index in [4.69, 9.17) is 0 Å². The first-order valence-electron chi connectivity index (χ1n) is 4.82. The molecule has 0 spiro atoms. The summed E-state index contributed by atoms with van der Waals surface area (Å²) in [6, 6.07) is 0. The van der Waals surface area contributed by atoms with Crippen LogP contribution in [0.1, 0.15) is 49.9 Å². The third kappa shape index (κ3) is 1.80. The van der Waals surface area contributed by atoms with E-state index in [-0.39, 0.29) is 11.9 Å². The van der Waals surface area contributed by atoms with Gasteiger partial charge in [0.2, 0.25) is 5.95 Å². The van der Waals surface area contributed by atoms with E-state index < -0.39 is 0 Å². The molecule has 1 saturated carbocycles. The number of rotatable bonds is 2. The summed E-state index contributed by atoms with van der Waals surface area (Å²) < 4.78 is 14.2. The summed E-state index contributed by atoms with van der Waals surface area (Å²) in [4.78, 5) is 8.19. The monoisotopic (exact) mass is 258 g/mol. The first-order valence-corrected chi connectivity index (χ1v) is 5.61. The fraction of sp³-hybridized carbons (Fsp3) is 0.600. The van der Waals surface area contributed by atoms with E-state index in [0.29, 0.717) is 21.9 Å². The van der Waals surface area contributed by atoms with Crippen molar-refractivity contribution in [2.75, 3.05) is 0 Å². The summed E-state index contributed by atoms with van der Waals surface area (Å²) >= 11 is 3.34. The zero-order valence-corrected chi connectivity index (χ0v) is 9.81. The average molecular weight is 259 g/mol. The van der Waals surface area contributed by atoms with Gasteiger partial charge in [-0.3, -0.25) is 0 Å². The highest BCUT2D eigenvalue weighted by Gasteiger charge is 2.30. The molecule has 0 N–H and O–H groups in total. The molecule has 1 fully saturated rings. The lowest BCUT2D eigenvalue weighted by Crippen LogP contribution is -2.04. The lowest BCUT2D eigenvalue weighted by Gasteiger charge is -2.08. The van der Waals surface area contributed by atoms with Gasteiger partial charge in [0, 0.05) is 5.92 Å². The SMILES string of the molecule is CC(C)c1nc(F)c(C2CC2)nc1Br. The van der Waals surface area contributed by atoms with Crippen molar-refractivity contribution in [1.82, 2.24) is 9.97 Å². The second kappa shape index (κ2) is 3.57. The molecule has 14 heavy (non-hydrogen) atoms. The highest BCUT2D eigenvalue weighted by Crippen LogP contribution is 2.40. The fourth-order valence-electron chi connectivity index (χ4n) is 1.40. The Morgan fingerprint density at radius 1 is 1.36 bits per heavy atom. The predicted octanol–water partition coefficient (Wildman–Crippen LogP) is 3.38. The van der Waals surface area contributed by atoms with Crippen LogP contribution < -0.4 is 0 Å². The van der Waals surface area contributed by atoms with Gasteiger partial charge in [-0.05, 0) is 34.7 Å². The second-order valence-electron chi connectivity index (χ2n) is 4.00. The lowest BCUT2D eigenvalue weighted by molar-refractivity contribution is 0.541. The molecule has 0 radical (unpaired) electrons. The van der Waals surface area contributed by atoms with Gasteiger partial charge >= 0.3 is 0 Å². The molecule has 0 aromatic carbocycles. The lowest BCUT2D eigenvalue weighted by atomic mass is 10.1. The average Bonchev–Trinajstić information content (AvgIpc) is 2.91. The predicted molar refractivity (Wildman–Crippen MR) is 55.8 cm³/mol. The molecule has 0 amide bonds. The normalized spacial score (nSPS) is 16.4. The Balaban J connectivity index is 2.43. The summed E-state index contributed by atoms with van der Waals surface area (Å²) in [7, 11) is 0. The molecule has 2 nitrogen and oxygen atoms in total. The maximum Gasteiger partial charge on any atom is 0.235 e. The van der Waals surface area contributed by atoms with E-state index in [2.05, 4.69) is 25.9 Å². The van der Waals surface area contributed by atoms with Crippen LogP contribution in [0, 0.1) is 5.95 Å². The fourth-order valence-corrected chi connectivity index (χ4v) is 2.14. The molecule has 1 aromatic rings. The van der Waals surface area contributed by atoms with Crippen LogP contribution in [0.15, 0.2) is 4.60 Å². The molecule has 1 aliphatic rings. The highest BCUT2D eigenvalue weighted by molar-refractivity contribution is 9.10. The summed E-state index contributed by atoms with van der Waals surface area (Å²) in [6.07, 6.45) is 2.08. The molecule has 0 unspecified atom stereocenters. The highest BCUT2D eigenvalue weighted by atomic mass is 79.9. The molecule has 0 bridgehead atoms. The molecular weight excluding hydrogens is 247 g/mol. The standard InChI is InChI=1S/C10H12BrFN2/c1-5(2)7-9(11)13-8(6-3-4-6)10(12)14-7/h5-6H,3-4H2,1-2H3. The number of hydrogen-bond donors (Lipinski definition) is 0. The van der Waals surface area contributed by atoms with Crippen molar-refractivity contribution in [2.24, 2.45) is 0 Å². The first-order chi connectivity index (χ1) is 6.59. The summed E-state index contributed by atoms with van der Waals surface area (Å²) in [5.41, 5.74) is 1.23. The summed E-state index contributed by atoms with van der Waals surface area (Å²) in [6.45, 7) is 3.95. The van der Waals surface area contributed by atoms with Crippen LogP contribution in [0.4, 0.5) is 4.39 Å². The van der Waals surface area contributed by atoms with Gasteiger partial charge in [0.15, 0.2) is 0 Å². The molecule has 1 heterocycles. The van der Waals surface area contributed by atoms with Crippen molar-refractivity contribution < 1.29 is 4.39 Å². The van der Waals surface area contributed by atoms with Gasteiger partial charge in [0.25, 0.3) is 0 Å². The number of halogens is 2. The quantitative estimate of drug-likeness (QED) is 0.813. The third-order valence-corrected chi connectivity index (χ3v) is 2.95. The molecule has 0 aliphatic heterocycles. The molecule has 1 aromatic heterocycles. The van der Waals surface area contributed by atoms with Crippen LogP contribution >= 0.6 is 15.9 Å². The van der Waals surface area contributed by atoms with Crippen molar-refractivity contribution in [2.45, 2.75) is 38.5 Å². The van der Waals surface area contributed by atoms with Crippen LogP contribution in [-0.2, 0) is 0 Å². The minimum atomic E-state index is -0.389. The molecule has 0 saturated heterocycles. The molecule has 76 valence electrons. The van der Waals surface area contributed by atoms with Gasteiger partial charge in [-0.25, -0.2) is 9.97 Å². The number of aromatic nitrogens is 2. The molecule has 2 rings (SSSR count). The molecule has 4 heteroatoms. The second-order valence-corrected chi connectivity index (χ2v) is 4.76.